The van der Waals surface area contributed by atoms with Crippen LogP contribution in [0.5, 0.6) is 11.5 Å². The summed E-state index contributed by atoms with van der Waals surface area (Å²) in [6.45, 7) is 0. The molecule has 0 fully saturated rings. The van der Waals surface area contributed by atoms with Gasteiger partial charge in [-0.1, -0.05) is 12.2 Å². The van der Waals surface area contributed by atoms with Crippen LogP contribution in [0.2, 0.25) is 0 Å². The molecule has 1 heterocycles. The van der Waals surface area contributed by atoms with Gasteiger partial charge in [0.25, 0.3) is 0 Å². The molecule has 2 aliphatic carbocycles. The SMILES string of the molecule is COc1ccc(OC)c(-c2cc3c(cn2)C=C2C(=O)C=CC=C2C3=O)c1. The van der Waals surface area contributed by atoms with E-state index in [-0.39, 0.29) is 11.6 Å². The average Bonchev–Trinajstić information content (AvgIpc) is 2.68. The minimum Gasteiger partial charge on any atom is -0.497 e. The van der Waals surface area contributed by atoms with E-state index in [0.717, 1.165) is 5.56 Å². The number of carbonyl (C=O) groups is 2. The number of Topliss-reactive ketones (excluding diaryl/α,β-unsaturated/α-hetero) is 1. The number of ketones is 2. The first kappa shape index (κ1) is 16.0. The Kier molecular flexibility index (Phi) is 3.77. The number of methoxy groups -OCH3 is 2. The number of allylic oxidation sites excluding steroid dienone is 5. The Balaban J connectivity index is 1.87. The molecule has 0 saturated heterocycles. The van der Waals surface area contributed by atoms with Gasteiger partial charge in [0, 0.05) is 34.0 Å². The first-order chi connectivity index (χ1) is 12.6. The highest BCUT2D eigenvalue weighted by Gasteiger charge is 2.29. The molecule has 0 atom stereocenters. The largest absolute Gasteiger partial charge is 0.497 e. The summed E-state index contributed by atoms with van der Waals surface area (Å²) in [5.74, 6) is 0.952. The molecule has 5 heteroatoms. The Morgan fingerprint density at radius 2 is 1.81 bits per heavy atom. The fraction of sp³-hybridized carbons (Fsp3) is 0.0952. The maximum atomic E-state index is 12.9. The maximum absolute atomic E-state index is 12.9. The molecule has 0 radical (unpaired) electrons. The van der Waals surface area contributed by atoms with Gasteiger partial charge in [0.1, 0.15) is 11.5 Å². The number of hydrogen-bond donors (Lipinski definition) is 0. The molecule has 0 unspecified atom stereocenters. The number of rotatable bonds is 3. The van der Waals surface area contributed by atoms with E-state index in [1.807, 2.05) is 6.07 Å². The third kappa shape index (κ3) is 2.45. The highest BCUT2D eigenvalue weighted by Crippen LogP contribution is 2.36. The maximum Gasteiger partial charge on any atom is 0.194 e. The van der Waals surface area contributed by atoms with Gasteiger partial charge in [0.05, 0.1) is 19.9 Å². The van der Waals surface area contributed by atoms with Crippen LogP contribution in [-0.2, 0) is 4.79 Å². The second kappa shape index (κ2) is 6.11. The van der Waals surface area contributed by atoms with Crippen LogP contribution in [-0.4, -0.2) is 30.8 Å². The average molecular weight is 345 g/mol. The number of benzene rings is 1. The topological polar surface area (TPSA) is 65.5 Å². The molecule has 0 bridgehead atoms. The summed E-state index contributed by atoms with van der Waals surface area (Å²) in [7, 11) is 3.16. The molecule has 4 rings (SSSR count). The fourth-order valence-corrected chi connectivity index (χ4v) is 3.13. The summed E-state index contributed by atoms with van der Waals surface area (Å²) in [5, 5.41) is 0. The number of fused-ring (bicyclic) bond motifs is 2. The van der Waals surface area contributed by atoms with Gasteiger partial charge in [-0.05, 0) is 36.4 Å². The molecule has 26 heavy (non-hydrogen) atoms. The van der Waals surface area contributed by atoms with Crippen molar-refractivity contribution in [3.63, 3.8) is 0 Å². The van der Waals surface area contributed by atoms with Crippen molar-refractivity contribution < 1.29 is 19.1 Å². The number of pyridine rings is 1. The first-order valence-electron chi connectivity index (χ1n) is 8.04. The van der Waals surface area contributed by atoms with E-state index in [4.69, 9.17) is 9.47 Å². The van der Waals surface area contributed by atoms with E-state index in [1.165, 1.54) is 6.08 Å². The van der Waals surface area contributed by atoms with Gasteiger partial charge in [0.2, 0.25) is 0 Å². The van der Waals surface area contributed by atoms with Crippen LogP contribution in [0, 0.1) is 0 Å². The Labute approximate surface area is 150 Å². The van der Waals surface area contributed by atoms with Crippen molar-refractivity contribution in [2.75, 3.05) is 14.2 Å². The van der Waals surface area contributed by atoms with Crippen LogP contribution in [0.15, 0.2) is 59.8 Å². The lowest BCUT2D eigenvalue weighted by Crippen LogP contribution is -2.18. The number of nitrogens with zero attached hydrogens (tertiary/aromatic N) is 1. The van der Waals surface area contributed by atoms with Gasteiger partial charge in [-0.25, -0.2) is 0 Å². The van der Waals surface area contributed by atoms with Crippen molar-refractivity contribution >= 4 is 17.6 Å². The number of carbonyl (C=O) groups excluding carboxylic acids is 2. The molecule has 5 nitrogen and oxygen atoms in total. The molecule has 1 aromatic carbocycles. The molecule has 0 N–H and O–H groups in total. The van der Waals surface area contributed by atoms with Gasteiger partial charge >= 0.3 is 0 Å². The fourth-order valence-electron chi connectivity index (χ4n) is 3.13. The van der Waals surface area contributed by atoms with Gasteiger partial charge in [0.15, 0.2) is 11.6 Å². The predicted octanol–water partition coefficient (Wildman–Crippen LogP) is 3.41. The first-order valence-corrected chi connectivity index (χ1v) is 8.04. The lowest BCUT2D eigenvalue weighted by atomic mass is 9.83. The van der Waals surface area contributed by atoms with Gasteiger partial charge in [-0.2, -0.15) is 0 Å². The van der Waals surface area contributed by atoms with Crippen molar-refractivity contribution in [3.8, 4) is 22.8 Å². The third-order valence-corrected chi connectivity index (χ3v) is 4.47. The summed E-state index contributed by atoms with van der Waals surface area (Å²) >= 11 is 0. The quantitative estimate of drug-likeness (QED) is 0.853. The monoisotopic (exact) mass is 345 g/mol. The van der Waals surface area contributed by atoms with E-state index in [2.05, 4.69) is 4.98 Å². The molecule has 0 spiro atoms. The molecule has 0 amide bonds. The summed E-state index contributed by atoms with van der Waals surface area (Å²) in [6, 6.07) is 7.13. The molecular weight excluding hydrogens is 330 g/mol. The Bertz CT molecular complexity index is 1040. The van der Waals surface area contributed by atoms with Gasteiger partial charge in [-0.3, -0.25) is 14.6 Å². The van der Waals surface area contributed by atoms with Crippen molar-refractivity contribution in [1.82, 2.24) is 4.98 Å². The molecule has 128 valence electrons. The van der Waals surface area contributed by atoms with Crippen LogP contribution in [0.1, 0.15) is 15.9 Å². The van der Waals surface area contributed by atoms with Crippen LogP contribution in [0.25, 0.3) is 17.3 Å². The van der Waals surface area contributed by atoms with E-state index < -0.39 is 0 Å². The summed E-state index contributed by atoms with van der Waals surface area (Å²) in [4.78, 5) is 29.4. The van der Waals surface area contributed by atoms with Gasteiger partial charge in [-0.15, -0.1) is 0 Å². The second-order valence-corrected chi connectivity index (χ2v) is 5.91. The normalized spacial score (nSPS) is 15.0. The zero-order valence-electron chi connectivity index (χ0n) is 14.3. The Hall–Kier alpha value is -3.47. The molecule has 0 saturated carbocycles. The highest BCUT2D eigenvalue weighted by molar-refractivity contribution is 6.27. The molecule has 1 aromatic heterocycles. The molecule has 2 aromatic rings. The zero-order chi connectivity index (χ0) is 18.3. The predicted molar refractivity (Wildman–Crippen MR) is 97.3 cm³/mol. The summed E-state index contributed by atoms with van der Waals surface area (Å²) in [5.41, 5.74) is 3.31. The minimum atomic E-state index is -0.180. The van der Waals surface area contributed by atoms with E-state index in [9.17, 15) is 9.59 Å². The van der Waals surface area contributed by atoms with Crippen molar-refractivity contribution in [2.45, 2.75) is 0 Å². The van der Waals surface area contributed by atoms with Gasteiger partial charge < -0.3 is 9.47 Å². The van der Waals surface area contributed by atoms with Crippen LogP contribution in [0.3, 0.4) is 0 Å². The third-order valence-electron chi connectivity index (χ3n) is 4.47. The Morgan fingerprint density at radius 3 is 2.58 bits per heavy atom. The minimum absolute atomic E-state index is 0.167. The lowest BCUT2D eigenvalue weighted by Gasteiger charge is -2.19. The molecule has 0 aliphatic heterocycles. The molecular formula is C21H15NO4. The smallest absolute Gasteiger partial charge is 0.194 e. The van der Waals surface area contributed by atoms with E-state index in [1.54, 1.807) is 56.8 Å². The highest BCUT2D eigenvalue weighted by atomic mass is 16.5. The van der Waals surface area contributed by atoms with Crippen molar-refractivity contribution in [1.29, 1.82) is 0 Å². The Morgan fingerprint density at radius 1 is 0.962 bits per heavy atom. The van der Waals surface area contributed by atoms with E-state index >= 15 is 0 Å². The standard InChI is InChI=1S/C21H15NO4/c1-25-13-6-7-20(26-2)17(9-13)18-10-15-12(11-22-18)8-16-14(21(15)24)4-3-5-19(16)23/h3-11H,1-2H3. The number of ether oxygens (including phenoxy) is 2. The lowest BCUT2D eigenvalue weighted by molar-refractivity contribution is -0.111. The van der Waals surface area contributed by atoms with Crippen LogP contribution >= 0.6 is 0 Å². The summed E-state index contributed by atoms with van der Waals surface area (Å²) < 4.78 is 10.7. The van der Waals surface area contributed by atoms with E-state index in [0.29, 0.717) is 39.5 Å². The summed E-state index contributed by atoms with van der Waals surface area (Å²) in [6.07, 6.45) is 8.05. The zero-order valence-corrected chi connectivity index (χ0v) is 14.3. The number of aromatic nitrogens is 1. The molecule has 2 aliphatic rings. The number of hydrogen-bond acceptors (Lipinski definition) is 5. The van der Waals surface area contributed by atoms with Crippen molar-refractivity contribution in [3.05, 3.63) is 71.0 Å². The second-order valence-electron chi connectivity index (χ2n) is 5.91. The van der Waals surface area contributed by atoms with Crippen LogP contribution in [0.4, 0.5) is 0 Å². The van der Waals surface area contributed by atoms with Crippen LogP contribution < -0.4 is 9.47 Å². The van der Waals surface area contributed by atoms with Crippen molar-refractivity contribution in [2.24, 2.45) is 0 Å².